The van der Waals surface area contributed by atoms with Crippen LogP contribution in [0.4, 0.5) is 9.93 Å². The Hall–Kier alpha value is -4.30. The number of carbonyl (C=O) groups excluding carboxylic acids is 3. The third-order valence-corrected chi connectivity index (χ3v) is 9.00. The normalized spacial score (nSPS) is 15.4. The smallest absolute Gasteiger partial charge is 0.462 e. The number of rotatable bonds is 9. The van der Waals surface area contributed by atoms with Crippen LogP contribution in [0.1, 0.15) is 34.6 Å². The van der Waals surface area contributed by atoms with E-state index in [4.69, 9.17) is 14.2 Å². The zero-order valence-corrected chi connectivity index (χ0v) is 24.3. The second kappa shape index (κ2) is 12.5. The van der Waals surface area contributed by atoms with E-state index in [-0.39, 0.29) is 46.4 Å². The van der Waals surface area contributed by atoms with Gasteiger partial charge < -0.3 is 14.2 Å². The maximum atomic E-state index is 13.3. The van der Waals surface area contributed by atoms with Gasteiger partial charge in [0.1, 0.15) is 0 Å². The average molecular weight is 601 g/mol. The van der Waals surface area contributed by atoms with Crippen LogP contribution >= 0.6 is 11.3 Å². The van der Waals surface area contributed by atoms with Crippen LogP contribution in [0.15, 0.2) is 65.6 Å². The highest BCUT2D eigenvalue weighted by atomic mass is 32.2. The van der Waals surface area contributed by atoms with Crippen molar-refractivity contribution in [1.29, 1.82) is 0 Å². The molecule has 0 saturated heterocycles. The van der Waals surface area contributed by atoms with E-state index >= 15 is 0 Å². The summed E-state index contributed by atoms with van der Waals surface area (Å²) in [7, 11) is -2.93. The van der Waals surface area contributed by atoms with Crippen LogP contribution in [0.2, 0.25) is 0 Å². The summed E-state index contributed by atoms with van der Waals surface area (Å²) in [6, 6.07) is 9.09. The van der Waals surface area contributed by atoms with Gasteiger partial charge in [-0.15, -0.1) is 11.3 Å². The van der Waals surface area contributed by atoms with Crippen LogP contribution in [-0.4, -0.2) is 61.0 Å². The Bertz CT molecular complexity index is 1590. The average Bonchev–Trinajstić information content (AvgIpc) is 3.37. The van der Waals surface area contributed by atoms with Crippen molar-refractivity contribution in [2.24, 2.45) is 11.8 Å². The standard InChI is InChI=1S/C27H28N4O8S2/c1-16(14-37-25(33)19-8-7-11-28-13-19)17(2)15-38-27(34)39-23-20-9-5-6-10-21(20)41(35,36)31(4)22(23)24(32)30-26-29-12-18(3)40-26/h5-13,16-17H,14-15H2,1-4H3,(H,29,30,32). The van der Waals surface area contributed by atoms with E-state index in [0.717, 1.165) is 9.18 Å². The SMILES string of the molecule is Cc1cnc(NC(=O)C2=C(OC(=O)OCC(C)C(C)COC(=O)c3cccnc3)c3ccccc3S(=O)(=O)N2C)s1. The van der Waals surface area contributed by atoms with E-state index in [1.807, 2.05) is 6.92 Å². The Balaban J connectivity index is 1.48. The molecule has 2 atom stereocenters. The maximum absolute atomic E-state index is 13.3. The molecule has 3 aromatic rings. The largest absolute Gasteiger partial charge is 0.513 e. The summed E-state index contributed by atoms with van der Waals surface area (Å²) < 4.78 is 43.3. The van der Waals surface area contributed by atoms with E-state index in [0.29, 0.717) is 5.56 Å². The molecule has 0 radical (unpaired) electrons. The van der Waals surface area contributed by atoms with Gasteiger partial charge in [-0.25, -0.2) is 23.0 Å². The second-order valence-electron chi connectivity index (χ2n) is 9.33. The fourth-order valence-corrected chi connectivity index (χ4v) is 5.80. The molecule has 0 saturated carbocycles. The third kappa shape index (κ3) is 6.72. The lowest BCUT2D eigenvalue weighted by Crippen LogP contribution is -2.38. The van der Waals surface area contributed by atoms with Crippen molar-refractivity contribution in [3.63, 3.8) is 0 Å². The summed E-state index contributed by atoms with van der Waals surface area (Å²) in [4.78, 5) is 46.9. The quantitative estimate of drug-likeness (QED) is 0.356. The minimum absolute atomic E-state index is 0.0340. The lowest BCUT2D eigenvalue weighted by atomic mass is 9.98. The lowest BCUT2D eigenvalue weighted by molar-refractivity contribution is -0.113. The number of hydrogen-bond acceptors (Lipinski definition) is 11. The number of esters is 1. The van der Waals surface area contributed by atoms with Crippen LogP contribution in [0.3, 0.4) is 0 Å². The van der Waals surface area contributed by atoms with E-state index < -0.39 is 33.8 Å². The minimum Gasteiger partial charge on any atom is -0.462 e. The number of thiazole rings is 1. The number of fused-ring (bicyclic) bond motifs is 1. The van der Waals surface area contributed by atoms with Crippen molar-refractivity contribution in [1.82, 2.24) is 14.3 Å². The number of nitrogens with zero attached hydrogens (tertiary/aromatic N) is 3. The molecule has 0 spiro atoms. The van der Waals surface area contributed by atoms with Gasteiger partial charge in [-0.1, -0.05) is 26.0 Å². The number of aromatic nitrogens is 2. The van der Waals surface area contributed by atoms with Gasteiger partial charge in [0.25, 0.3) is 15.9 Å². The maximum Gasteiger partial charge on any atom is 0.513 e. The zero-order chi connectivity index (χ0) is 29.7. The van der Waals surface area contributed by atoms with Crippen LogP contribution in [0.25, 0.3) is 5.76 Å². The first-order chi connectivity index (χ1) is 19.5. The Morgan fingerprint density at radius 1 is 1.02 bits per heavy atom. The highest BCUT2D eigenvalue weighted by Crippen LogP contribution is 2.37. The van der Waals surface area contributed by atoms with Crippen LogP contribution < -0.4 is 5.32 Å². The monoisotopic (exact) mass is 600 g/mol. The number of hydrogen-bond donors (Lipinski definition) is 1. The third-order valence-electron chi connectivity index (χ3n) is 6.35. The van der Waals surface area contributed by atoms with Gasteiger partial charge >= 0.3 is 12.1 Å². The van der Waals surface area contributed by atoms with Gasteiger partial charge in [0.05, 0.1) is 23.7 Å². The number of nitrogens with one attached hydrogen (secondary N) is 1. The van der Waals surface area contributed by atoms with E-state index in [9.17, 15) is 22.8 Å². The first kappa shape index (κ1) is 29.7. The molecule has 2 aromatic heterocycles. The van der Waals surface area contributed by atoms with Crippen LogP contribution in [0.5, 0.6) is 0 Å². The first-order valence-electron chi connectivity index (χ1n) is 12.5. The van der Waals surface area contributed by atoms with Crippen LogP contribution in [0, 0.1) is 18.8 Å². The van der Waals surface area contributed by atoms with Gasteiger partial charge in [-0.05, 0) is 43.0 Å². The summed E-state index contributed by atoms with van der Waals surface area (Å²) in [5, 5.41) is 2.81. The molecule has 1 amide bonds. The lowest BCUT2D eigenvalue weighted by Gasteiger charge is -2.29. The number of sulfonamides is 1. The van der Waals surface area contributed by atoms with Crippen LogP contribution in [-0.2, 0) is 29.0 Å². The fourth-order valence-electron chi connectivity index (χ4n) is 3.75. The van der Waals surface area contributed by atoms with E-state index in [2.05, 4.69) is 15.3 Å². The van der Waals surface area contributed by atoms with Gasteiger partial charge in [-0.2, -0.15) is 0 Å². The zero-order valence-electron chi connectivity index (χ0n) is 22.7. The molecule has 1 aromatic carbocycles. The van der Waals surface area contributed by atoms with Crippen molar-refractivity contribution in [2.75, 3.05) is 25.6 Å². The topological polar surface area (TPSA) is 154 Å². The second-order valence-corrected chi connectivity index (χ2v) is 12.5. The minimum atomic E-state index is -4.12. The Kier molecular flexibility index (Phi) is 9.03. The molecule has 0 fully saturated rings. The number of aryl methyl sites for hydroxylation is 1. The summed E-state index contributed by atoms with van der Waals surface area (Å²) in [5.41, 5.74) is -0.0472. The molecule has 4 rings (SSSR count). The van der Waals surface area contributed by atoms with Crippen molar-refractivity contribution >= 4 is 50.3 Å². The molecule has 41 heavy (non-hydrogen) atoms. The molecule has 14 heteroatoms. The molecule has 12 nitrogen and oxygen atoms in total. The van der Waals surface area contributed by atoms with Gasteiger partial charge in [0.2, 0.25) is 0 Å². The molecule has 1 aliphatic rings. The van der Waals surface area contributed by atoms with Gasteiger partial charge in [-0.3, -0.25) is 19.4 Å². The highest BCUT2D eigenvalue weighted by Gasteiger charge is 2.40. The molecule has 2 unspecified atom stereocenters. The van der Waals surface area contributed by atoms with Gasteiger partial charge in [0, 0.05) is 36.1 Å². The number of ether oxygens (including phenoxy) is 3. The number of likely N-dealkylation sites (N-methyl/N-ethyl adjacent to an activating group) is 1. The number of anilines is 1. The molecular weight excluding hydrogens is 572 g/mol. The molecular formula is C27H28N4O8S2. The number of amides is 1. The first-order valence-corrected chi connectivity index (χ1v) is 14.7. The Morgan fingerprint density at radius 2 is 1.73 bits per heavy atom. The number of benzene rings is 1. The van der Waals surface area contributed by atoms with Gasteiger partial charge in [0.15, 0.2) is 16.6 Å². The summed E-state index contributed by atoms with van der Waals surface area (Å²) in [5.74, 6) is -2.05. The summed E-state index contributed by atoms with van der Waals surface area (Å²) >= 11 is 1.20. The Morgan fingerprint density at radius 3 is 2.39 bits per heavy atom. The molecule has 216 valence electrons. The highest BCUT2D eigenvalue weighted by molar-refractivity contribution is 7.89. The number of carbonyl (C=O) groups is 3. The fraction of sp³-hybridized carbons (Fsp3) is 0.296. The predicted octanol–water partition coefficient (Wildman–Crippen LogP) is 4.07. The summed E-state index contributed by atoms with van der Waals surface area (Å²) in [6.07, 6.45) is 3.38. The molecule has 1 N–H and O–H groups in total. The molecule has 0 aliphatic carbocycles. The van der Waals surface area contributed by atoms with E-state index in [1.54, 1.807) is 44.4 Å². The van der Waals surface area contributed by atoms with Crippen molar-refractivity contribution < 1.29 is 37.0 Å². The molecule has 3 heterocycles. The van der Waals surface area contributed by atoms with E-state index in [1.165, 1.54) is 42.8 Å². The summed E-state index contributed by atoms with van der Waals surface area (Å²) in [6.45, 7) is 5.43. The molecule has 0 bridgehead atoms. The van der Waals surface area contributed by atoms with Crippen molar-refractivity contribution in [3.05, 3.63) is 76.7 Å². The van der Waals surface area contributed by atoms with Crippen molar-refractivity contribution in [3.8, 4) is 0 Å². The van der Waals surface area contributed by atoms with Crippen molar-refractivity contribution in [2.45, 2.75) is 25.7 Å². The predicted molar refractivity (Wildman–Crippen MR) is 149 cm³/mol. The Labute approximate surface area is 241 Å². The number of pyridine rings is 1. The molecule has 1 aliphatic heterocycles.